The van der Waals surface area contributed by atoms with Crippen molar-refractivity contribution in [1.82, 2.24) is 0 Å². The van der Waals surface area contributed by atoms with Crippen molar-refractivity contribution in [2.24, 2.45) is 11.7 Å². The lowest BCUT2D eigenvalue weighted by Gasteiger charge is -2.09. The zero-order valence-corrected chi connectivity index (χ0v) is 11.6. The molecule has 0 fully saturated rings. The number of amides is 1. The fourth-order valence-electron chi connectivity index (χ4n) is 1.51. The summed E-state index contributed by atoms with van der Waals surface area (Å²) >= 11 is 0. The SMILES string of the molecule is Cc1cccc(NC(=O)CS(=O)CC(C)CN)c1. The Balaban J connectivity index is 2.44. The third-order valence-electron chi connectivity index (χ3n) is 2.47. The maximum absolute atomic E-state index is 11.7. The van der Waals surface area contributed by atoms with E-state index in [0.717, 1.165) is 11.3 Å². The Labute approximate surface area is 110 Å². The van der Waals surface area contributed by atoms with Crippen molar-refractivity contribution >= 4 is 22.4 Å². The van der Waals surface area contributed by atoms with Gasteiger partial charge in [0.15, 0.2) is 0 Å². The standard InChI is InChI=1S/C13H20N2O2S/c1-10-4-3-5-12(6-10)15-13(16)9-18(17)8-11(2)7-14/h3-6,11H,7-9,14H2,1-2H3,(H,15,16). The van der Waals surface area contributed by atoms with Gasteiger partial charge in [0.1, 0.15) is 5.75 Å². The van der Waals surface area contributed by atoms with Gasteiger partial charge in [-0.15, -0.1) is 0 Å². The zero-order chi connectivity index (χ0) is 13.5. The van der Waals surface area contributed by atoms with E-state index in [0.29, 0.717) is 12.3 Å². The largest absolute Gasteiger partial charge is 0.330 e. The van der Waals surface area contributed by atoms with E-state index in [1.54, 1.807) is 0 Å². The van der Waals surface area contributed by atoms with Crippen LogP contribution in [0.4, 0.5) is 5.69 Å². The molecular weight excluding hydrogens is 248 g/mol. The normalized spacial score (nSPS) is 13.9. The number of nitrogens with one attached hydrogen (secondary N) is 1. The van der Waals surface area contributed by atoms with Crippen molar-refractivity contribution in [3.05, 3.63) is 29.8 Å². The smallest absolute Gasteiger partial charge is 0.236 e. The lowest BCUT2D eigenvalue weighted by atomic mass is 10.2. The molecule has 4 nitrogen and oxygen atoms in total. The summed E-state index contributed by atoms with van der Waals surface area (Å²) in [5, 5.41) is 2.74. The minimum absolute atomic E-state index is 0.0261. The van der Waals surface area contributed by atoms with Crippen LogP contribution < -0.4 is 11.1 Å². The molecule has 0 heterocycles. The van der Waals surface area contributed by atoms with Crippen LogP contribution in [0.3, 0.4) is 0 Å². The van der Waals surface area contributed by atoms with Gasteiger partial charge in [0.2, 0.25) is 5.91 Å². The van der Waals surface area contributed by atoms with Crippen LogP contribution in [0.2, 0.25) is 0 Å². The van der Waals surface area contributed by atoms with E-state index in [-0.39, 0.29) is 17.6 Å². The predicted molar refractivity (Wildman–Crippen MR) is 75.9 cm³/mol. The van der Waals surface area contributed by atoms with Crippen LogP contribution >= 0.6 is 0 Å². The molecule has 1 amide bonds. The minimum Gasteiger partial charge on any atom is -0.330 e. The van der Waals surface area contributed by atoms with Gasteiger partial charge in [0, 0.05) is 22.2 Å². The molecule has 1 rings (SSSR count). The van der Waals surface area contributed by atoms with Crippen molar-refractivity contribution in [3.63, 3.8) is 0 Å². The molecule has 1 aromatic carbocycles. The zero-order valence-electron chi connectivity index (χ0n) is 10.8. The maximum Gasteiger partial charge on any atom is 0.236 e. The van der Waals surface area contributed by atoms with Crippen LogP contribution in [0.1, 0.15) is 12.5 Å². The molecule has 0 aliphatic carbocycles. The Morgan fingerprint density at radius 3 is 2.83 bits per heavy atom. The Kier molecular flexibility index (Phi) is 6.01. The Morgan fingerprint density at radius 1 is 1.50 bits per heavy atom. The monoisotopic (exact) mass is 268 g/mol. The van der Waals surface area contributed by atoms with E-state index in [9.17, 15) is 9.00 Å². The van der Waals surface area contributed by atoms with Crippen LogP contribution in [0, 0.1) is 12.8 Å². The lowest BCUT2D eigenvalue weighted by molar-refractivity contribution is -0.113. The van der Waals surface area contributed by atoms with Gasteiger partial charge >= 0.3 is 0 Å². The molecule has 0 aromatic heterocycles. The summed E-state index contributed by atoms with van der Waals surface area (Å²) in [4.78, 5) is 11.7. The minimum atomic E-state index is -1.15. The van der Waals surface area contributed by atoms with Gasteiger partial charge < -0.3 is 11.1 Å². The van der Waals surface area contributed by atoms with Gasteiger partial charge in [-0.05, 0) is 37.1 Å². The Morgan fingerprint density at radius 2 is 2.22 bits per heavy atom. The van der Waals surface area contributed by atoms with E-state index < -0.39 is 10.8 Å². The van der Waals surface area contributed by atoms with E-state index in [1.807, 2.05) is 38.1 Å². The first-order valence-electron chi connectivity index (χ1n) is 5.93. The molecule has 0 aliphatic rings. The number of rotatable bonds is 6. The van der Waals surface area contributed by atoms with Crippen molar-refractivity contribution < 1.29 is 9.00 Å². The molecule has 0 aliphatic heterocycles. The summed E-state index contributed by atoms with van der Waals surface area (Å²) in [7, 11) is -1.15. The summed E-state index contributed by atoms with van der Waals surface area (Å²) < 4.78 is 11.7. The summed E-state index contributed by atoms with van der Waals surface area (Å²) in [6.07, 6.45) is 0. The molecule has 5 heteroatoms. The number of hydrogen-bond acceptors (Lipinski definition) is 3. The van der Waals surface area contributed by atoms with Crippen molar-refractivity contribution in [1.29, 1.82) is 0 Å². The Hall–Kier alpha value is -1.20. The van der Waals surface area contributed by atoms with Crippen molar-refractivity contribution in [2.45, 2.75) is 13.8 Å². The van der Waals surface area contributed by atoms with Gasteiger partial charge in [-0.25, -0.2) is 0 Å². The third kappa shape index (κ3) is 5.42. The number of carbonyl (C=O) groups is 1. The van der Waals surface area contributed by atoms with E-state index in [4.69, 9.17) is 5.73 Å². The quantitative estimate of drug-likeness (QED) is 0.816. The van der Waals surface area contributed by atoms with E-state index in [2.05, 4.69) is 5.32 Å². The van der Waals surface area contributed by atoms with Gasteiger partial charge in [0.05, 0.1) is 0 Å². The topological polar surface area (TPSA) is 72.2 Å². The molecule has 0 radical (unpaired) electrons. The van der Waals surface area contributed by atoms with E-state index >= 15 is 0 Å². The fraction of sp³-hybridized carbons (Fsp3) is 0.462. The first-order chi connectivity index (χ1) is 8.51. The first-order valence-corrected chi connectivity index (χ1v) is 7.41. The highest BCUT2D eigenvalue weighted by Crippen LogP contribution is 2.09. The lowest BCUT2D eigenvalue weighted by Crippen LogP contribution is -2.25. The number of aryl methyl sites for hydroxylation is 1. The van der Waals surface area contributed by atoms with Crippen molar-refractivity contribution in [2.75, 3.05) is 23.4 Å². The molecule has 18 heavy (non-hydrogen) atoms. The molecule has 2 atom stereocenters. The molecule has 100 valence electrons. The molecule has 2 unspecified atom stereocenters. The molecule has 1 aromatic rings. The Bertz CT molecular complexity index is 435. The maximum atomic E-state index is 11.7. The van der Waals surface area contributed by atoms with E-state index in [1.165, 1.54) is 0 Å². The van der Waals surface area contributed by atoms with Gasteiger partial charge in [-0.1, -0.05) is 19.1 Å². The molecule has 0 bridgehead atoms. The summed E-state index contributed by atoms with van der Waals surface area (Å²) in [6, 6.07) is 7.52. The first kappa shape index (κ1) is 14.9. The van der Waals surface area contributed by atoms with Crippen LogP contribution in [0.15, 0.2) is 24.3 Å². The highest BCUT2D eigenvalue weighted by Gasteiger charge is 2.11. The van der Waals surface area contributed by atoms with Gasteiger partial charge in [0.25, 0.3) is 0 Å². The summed E-state index contributed by atoms with van der Waals surface area (Å²) in [6.45, 7) is 4.37. The second-order valence-corrected chi connectivity index (χ2v) is 6.01. The van der Waals surface area contributed by atoms with Crippen molar-refractivity contribution in [3.8, 4) is 0 Å². The third-order valence-corrected chi connectivity index (χ3v) is 3.99. The van der Waals surface area contributed by atoms with Crippen LogP contribution in [0.25, 0.3) is 0 Å². The molecule has 3 N–H and O–H groups in total. The average molecular weight is 268 g/mol. The molecular formula is C13H20N2O2S. The van der Waals surface area contributed by atoms with Crippen LogP contribution in [-0.2, 0) is 15.6 Å². The fourth-order valence-corrected chi connectivity index (χ4v) is 2.76. The number of nitrogens with two attached hydrogens (primary N) is 1. The highest BCUT2D eigenvalue weighted by molar-refractivity contribution is 7.85. The molecule has 0 saturated carbocycles. The second kappa shape index (κ2) is 7.28. The average Bonchev–Trinajstić information content (AvgIpc) is 2.28. The van der Waals surface area contributed by atoms with Gasteiger partial charge in [-0.3, -0.25) is 9.00 Å². The van der Waals surface area contributed by atoms with Crippen LogP contribution in [0.5, 0.6) is 0 Å². The molecule has 0 saturated heterocycles. The second-order valence-electron chi connectivity index (χ2n) is 4.51. The van der Waals surface area contributed by atoms with Crippen LogP contribution in [-0.4, -0.2) is 28.2 Å². The number of anilines is 1. The summed E-state index contributed by atoms with van der Waals surface area (Å²) in [5.74, 6) is 0.455. The number of benzene rings is 1. The molecule has 0 spiro atoms. The highest BCUT2D eigenvalue weighted by atomic mass is 32.2. The van der Waals surface area contributed by atoms with Gasteiger partial charge in [-0.2, -0.15) is 0 Å². The predicted octanol–water partition coefficient (Wildman–Crippen LogP) is 1.28. The summed E-state index contributed by atoms with van der Waals surface area (Å²) in [5.41, 5.74) is 7.27. The number of carbonyl (C=O) groups excluding carboxylic acids is 1. The number of hydrogen-bond donors (Lipinski definition) is 2.